The van der Waals surface area contributed by atoms with Gasteiger partial charge >= 0.3 is 17.1 Å². The normalized spacial score (nSPS) is 10.2. The van der Waals surface area contributed by atoms with Gasteiger partial charge in [-0.25, -0.2) is 4.98 Å². The molecule has 1 radical (unpaired) electrons. The van der Waals surface area contributed by atoms with E-state index in [1.54, 1.807) is 24.8 Å². The third-order valence-electron chi connectivity index (χ3n) is 4.61. The molecule has 0 aliphatic rings. The molecule has 1 aromatic carbocycles. The summed E-state index contributed by atoms with van der Waals surface area (Å²) >= 11 is 5.25. The van der Waals surface area contributed by atoms with Gasteiger partial charge in [0.2, 0.25) is 5.89 Å². The van der Waals surface area contributed by atoms with Gasteiger partial charge in [0.1, 0.15) is 16.4 Å². The van der Waals surface area contributed by atoms with E-state index < -0.39 is 5.38 Å². The number of hydrogen-bond donors (Lipinski definition) is 1. The summed E-state index contributed by atoms with van der Waals surface area (Å²) in [6.07, 6.45) is 6.99. The molecule has 0 aliphatic carbocycles. The van der Waals surface area contributed by atoms with Crippen molar-refractivity contribution in [1.29, 1.82) is 0 Å². The van der Waals surface area contributed by atoms with Crippen molar-refractivity contribution in [2.24, 2.45) is 0 Å². The number of aromatic nitrogens is 4. The van der Waals surface area contributed by atoms with E-state index in [0.29, 0.717) is 5.89 Å². The van der Waals surface area contributed by atoms with Crippen LogP contribution in [0.25, 0.3) is 44.4 Å². The SMILES string of the molecule is CC(=O)C(Cl)C(C)=O.CO.[Cu+2].c1cnc2c(c1)c1nc(-c3ccncc3)oc1c1cccnc12. The molecule has 4 heterocycles. The molecule has 0 unspecified atom stereocenters. The van der Waals surface area contributed by atoms with Crippen LogP contribution in [-0.2, 0) is 26.7 Å². The summed E-state index contributed by atoms with van der Waals surface area (Å²) in [4.78, 5) is 38.2. The number of alkyl halides is 1. The van der Waals surface area contributed by atoms with Crippen LogP contribution in [0.5, 0.6) is 0 Å². The second kappa shape index (κ2) is 12.3. The average molecular weight is 528 g/mol. The van der Waals surface area contributed by atoms with Crippen molar-refractivity contribution < 1.29 is 36.2 Å². The molecule has 10 heteroatoms. The molecule has 0 fully saturated rings. The first-order valence-corrected chi connectivity index (χ1v) is 10.3. The second-order valence-corrected chi connectivity index (χ2v) is 7.25. The topological polar surface area (TPSA) is 119 Å². The van der Waals surface area contributed by atoms with Gasteiger partial charge in [-0.05, 0) is 50.2 Å². The Labute approximate surface area is 210 Å². The third kappa shape index (κ3) is 5.63. The zero-order valence-corrected chi connectivity index (χ0v) is 20.2. The fourth-order valence-electron chi connectivity index (χ4n) is 3.15. The minimum atomic E-state index is -0.935. The number of carbonyl (C=O) groups is 2. The van der Waals surface area contributed by atoms with Crippen LogP contribution in [0.2, 0.25) is 0 Å². The standard InChI is InChI=1S/C18H10N4O.C5H7ClO2.CH4O.Cu/c1-3-12-14(20-7-1)15-13(4-2-8-21-15)17-16(12)22-18(23-17)11-5-9-19-10-6-11;1-3(7)5(6)4(2)8;1-2;/h1-10H;5H,1-2H3;2H,1H3;/q;;;+2. The molecular weight excluding hydrogens is 507 g/mol. The van der Waals surface area contributed by atoms with Crippen LogP contribution in [0, 0.1) is 0 Å². The average Bonchev–Trinajstić information content (AvgIpc) is 3.32. The van der Waals surface area contributed by atoms with Crippen molar-refractivity contribution in [2.45, 2.75) is 19.2 Å². The van der Waals surface area contributed by atoms with Crippen molar-refractivity contribution in [1.82, 2.24) is 19.9 Å². The van der Waals surface area contributed by atoms with Gasteiger partial charge in [0.05, 0.1) is 5.52 Å². The van der Waals surface area contributed by atoms with Crippen molar-refractivity contribution in [3.05, 3.63) is 61.2 Å². The smallest absolute Gasteiger partial charge is 0.435 e. The number of fused-ring (bicyclic) bond motifs is 6. The molecule has 4 aromatic heterocycles. The van der Waals surface area contributed by atoms with Crippen LogP contribution in [-0.4, -0.2) is 49.1 Å². The molecule has 8 nitrogen and oxygen atoms in total. The number of nitrogens with zero attached hydrogens (tertiary/aromatic N) is 4. The number of rotatable bonds is 3. The number of Topliss-reactive ketones (excluding diaryl/α,β-unsaturated/α-hetero) is 2. The van der Waals surface area contributed by atoms with E-state index >= 15 is 0 Å². The molecular formula is C24H21ClCuN4O4+2. The van der Waals surface area contributed by atoms with Crippen LogP contribution in [0.15, 0.2) is 65.6 Å². The van der Waals surface area contributed by atoms with Crippen LogP contribution in [0.4, 0.5) is 0 Å². The molecule has 0 amide bonds. The van der Waals surface area contributed by atoms with E-state index in [1.807, 2.05) is 36.4 Å². The predicted octanol–water partition coefficient (Wildman–Crippen LogP) is 4.36. The summed E-state index contributed by atoms with van der Waals surface area (Å²) < 4.78 is 6.07. The Kier molecular flexibility index (Phi) is 9.77. The van der Waals surface area contributed by atoms with E-state index in [0.717, 1.165) is 45.6 Å². The molecule has 1 N–H and O–H groups in total. The first kappa shape index (κ1) is 27.0. The van der Waals surface area contributed by atoms with Crippen molar-refractivity contribution >= 4 is 56.1 Å². The van der Waals surface area contributed by atoms with Crippen LogP contribution >= 0.6 is 11.6 Å². The largest absolute Gasteiger partial charge is 2.00 e. The Balaban J connectivity index is 0.000000321. The van der Waals surface area contributed by atoms with Gasteiger partial charge in [0.25, 0.3) is 0 Å². The minimum absolute atomic E-state index is 0. The van der Waals surface area contributed by atoms with Gasteiger partial charge in [0.15, 0.2) is 17.1 Å². The molecule has 5 aromatic rings. The Morgan fingerprint density at radius 2 is 1.38 bits per heavy atom. The molecule has 0 bridgehead atoms. The number of oxazole rings is 1. The van der Waals surface area contributed by atoms with Gasteiger partial charge < -0.3 is 9.52 Å². The zero-order chi connectivity index (χ0) is 24.0. The summed E-state index contributed by atoms with van der Waals surface area (Å²) in [5.41, 5.74) is 4.10. The second-order valence-electron chi connectivity index (χ2n) is 6.82. The Morgan fingerprint density at radius 3 is 1.91 bits per heavy atom. The molecule has 0 spiro atoms. The van der Waals surface area contributed by atoms with E-state index in [4.69, 9.17) is 26.1 Å². The maximum atomic E-state index is 10.2. The number of hydrogen-bond acceptors (Lipinski definition) is 8. The molecule has 0 saturated heterocycles. The van der Waals surface area contributed by atoms with Crippen LogP contribution < -0.4 is 0 Å². The summed E-state index contributed by atoms with van der Waals surface area (Å²) in [5.74, 6) is -0.0118. The van der Waals surface area contributed by atoms with E-state index in [9.17, 15) is 9.59 Å². The number of carbonyl (C=O) groups excluding carboxylic acids is 2. The summed E-state index contributed by atoms with van der Waals surface area (Å²) in [6, 6.07) is 11.5. The number of aliphatic hydroxyl groups is 1. The van der Waals surface area contributed by atoms with Gasteiger partial charge in [-0.15, -0.1) is 11.6 Å². The summed E-state index contributed by atoms with van der Waals surface area (Å²) in [7, 11) is 1.00. The predicted molar refractivity (Wildman–Crippen MR) is 127 cm³/mol. The third-order valence-corrected chi connectivity index (χ3v) is 5.22. The Morgan fingerprint density at radius 1 is 0.853 bits per heavy atom. The van der Waals surface area contributed by atoms with E-state index in [-0.39, 0.29) is 28.6 Å². The maximum absolute atomic E-state index is 10.2. The zero-order valence-electron chi connectivity index (χ0n) is 18.5. The van der Waals surface area contributed by atoms with Crippen LogP contribution in [0.3, 0.4) is 0 Å². The van der Waals surface area contributed by atoms with Crippen molar-refractivity contribution in [3.63, 3.8) is 0 Å². The Hall–Kier alpha value is -3.23. The van der Waals surface area contributed by atoms with Crippen molar-refractivity contribution in [2.75, 3.05) is 7.11 Å². The fourth-order valence-corrected chi connectivity index (χ4v) is 3.15. The maximum Gasteiger partial charge on any atom is 2.00 e. The quantitative estimate of drug-likeness (QED) is 0.159. The molecule has 177 valence electrons. The molecule has 0 aliphatic heterocycles. The number of benzene rings is 1. The first-order chi connectivity index (χ1) is 16.0. The first-order valence-electron chi connectivity index (χ1n) is 9.89. The van der Waals surface area contributed by atoms with E-state index in [1.165, 1.54) is 13.8 Å². The number of halogens is 1. The molecule has 0 saturated carbocycles. The van der Waals surface area contributed by atoms with Crippen LogP contribution in [0.1, 0.15) is 13.8 Å². The van der Waals surface area contributed by atoms with Gasteiger partial charge in [-0.1, -0.05) is 0 Å². The van der Waals surface area contributed by atoms with Gasteiger partial charge in [-0.2, -0.15) is 0 Å². The Bertz CT molecular complexity index is 1340. The summed E-state index contributed by atoms with van der Waals surface area (Å²) in [6.45, 7) is 2.58. The molecule has 34 heavy (non-hydrogen) atoms. The fraction of sp³-hybridized carbons (Fsp3) is 0.167. The number of aliphatic hydroxyl groups excluding tert-OH is 1. The number of pyridine rings is 3. The number of ketones is 2. The molecule has 5 rings (SSSR count). The summed E-state index contributed by atoms with van der Waals surface area (Å²) in [5, 5.41) is 7.93. The van der Waals surface area contributed by atoms with E-state index in [2.05, 4.69) is 15.0 Å². The van der Waals surface area contributed by atoms with Crippen molar-refractivity contribution in [3.8, 4) is 11.5 Å². The van der Waals surface area contributed by atoms with Gasteiger partial charge in [0, 0.05) is 48.2 Å². The van der Waals surface area contributed by atoms with Gasteiger partial charge in [-0.3, -0.25) is 24.5 Å². The molecule has 0 atom stereocenters. The minimum Gasteiger partial charge on any atom is -0.435 e. The monoisotopic (exact) mass is 527 g/mol.